The fourth-order valence-electron chi connectivity index (χ4n) is 2.56. The lowest BCUT2D eigenvalue weighted by molar-refractivity contribution is 0.398. The molecule has 1 aliphatic heterocycles. The van der Waals surface area contributed by atoms with Gasteiger partial charge in [-0.1, -0.05) is 19.9 Å². The fraction of sp³-hybridized carbons (Fsp3) is 0.846. The van der Waals surface area contributed by atoms with E-state index in [1.54, 1.807) is 5.57 Å². The van der Waals surface area contributed by atoms with Gasteiger partial charge in [0.2, 0.25) is 0 Å². The van der Waals surface area contributed by atoms with Gasteiger partial charge in [-0.2, -0.15) is 0 Å². The number of allylic oxidation sites excluding steroid dienone is 1. The first-order valence-electron chi connectivity index (χ1n) is 6.08. The highest BCUT2D eigenvalue weighted by molar-refractivity contribution is 8.15. The highest BCUT2D eigenvalue weighted by Gasteiger charge is 2.27. The molecule has 0 amide bonds. The Balaban J connectivity index is 1.90. The Hall–Kier alpha value is 0.440. The zero-order valence-corrected chi connectivity index (χ0v) is 11.7. The van der Waals surface area contributed by atoms with Crippen LogP contribution in [0.2, 0.25) is 0 Å². The summed E-state index contributed by atoms with van der Waals surface area (Å²) < 4.78 is 0. The molecule has 86 valence electrons. The highest BCUT2D eigenvalue weighted by Crippen LogP contribution is 2.34. The van der Waals surface area contributed by atoms with Gasteiger partial charge in [-0.15, -0.1) is 11.8 Å². The Bertz CT molecular complexity index is 237. The second-order valence-electron chi connectivity index (χ2n) is 5.49. The van der Waals surface area contributed by atoms with Crippen LogP contribution in [0.1, 0.15) is 39.5 Å². The van der Waals surface area contributed by atoms with E-state index >= 15 is 0 Å². The average Bonchev–Trinajstić information content (AvgIpc) is 2.17. The van der Waals surface area contributed by atoms with Gasteiger partial charge in [0.25, 0.3) is 0 Å². The summed E-state index contributed by atoms with van der Waals surface area (Å²) in [7, 11) is 0.719. The summed E-state index contributed by atoms with van der Waals surface area (Å²) in [5.74, 6) is 4.34. The van der Waals surface area contributed by atoms with E-state index in [0.717, 1.165) is 10.9 Å². The van der Waals surface area contributed by atoms with Crippen molar-refractivity contribution in [1.29, 1.82) is 0 Å². The summed E-state index contributed by atoms with van der Waals surface area (Å²) in [4.78, 5) is 0. The van der Waals surface area contributed by atoms with E-state index in [9.17, 15) is 0 Å². The van der Waals surface area contributed by atoms with Crippen LogP contribution in [-0.4, -0.2) is 22.3 Å². The van der Waals surface area contributed by atoms with Crippen molar-refractivity contribution in [3.8, 4) is 0 Å². The number of thioether (sulfide) groups is 1. The quantitative estimate of drug-likeness (QED) is 0.524. The van der Waals surface area contributed by atoms with E-state index in [1.807, 2.05) is 0 Å². The lowest BCUT2D eigenvalue weighted by atomic mass is 9.80. The van der Waals surface area contributed by atoms with Crippen LogP contribution in [0.5, 0.6) is 0 Å². The molecule has 1 fully saturated rings. The van der Waals surface area contributed by atoms with Gasteiger partial charge in [0.1, 0.15) is 11.5 Å². The van der Waals surface area contributed by atoms with Crippen molar-refractivity contribution in [2.45, 2.75) is 39.5 Å². The van der Waals surface area contributed by atoms with Crippen LogP contribution in [0.25, 0.3) is 0 Å². The Morgan fingerprint density at radius 2 is 2.27 bits per heavy atom. The Labute approximate surface area is 102 Å². The Kier molecular flexibility index (Phi) is 4.11. The summed E-state index contributed by atoms with van der Waals surface area (Å²) in [5, 5.41) is 1.44. The Morgan fingerprint density at radius 1 is 1.40 bits per heavy atom. The zero-order valence-electron chi connectivity index (χ0n) is 10.1. The molecule has 0 aromatic rings. The summed E-state index contributed by atoms with van der Waals surface area (Å²) >= 11 is 2.18. The predicted octanol–water partition coefficient (Wildman–Crippen LogP) is 3.84. The number of rotatable bonds is 2. The molecule has 0 spiro atoms. The van der Waals surface area contributed by atoms with Gasteiger partial charge in [-0.3, -0.25) is 0 Å². The van der Waals surface area contributed by atoms with Crippen molar-refractivity contribution in [2.24, 2.45) is 5.41 Å². The maximum absolute atomic E-state index is 2.59. The number of hydrogen-bond donors (Lipinski definition) is 0. The Morgan fingerprint density at radius 3 is 2.93 bits per heavy atom. The first-order chi connectivity index (χ1) is 7.16. The third-order valence-electron chi connectivity index (χ3n) is 3.28. The first-order valence-corrected chi connectivity index (χ1v) is 8.97. The standard InChI is InChI=1S/C13H23S2/c1-13(2)6-3-5-12(9-13)10-15-8-4-7-14-11-15/h9H,3-8,10-11H2,1-2H3/q+1. The van der Waals surface area contributed by atoms with E-state index in [4.69, 9.17) is 0 Å². The molecule has 1 saturated heterocycles. The topological polar surface area (TPSA) is 0 Å². The van der Waals surface area contributed by atoms with Crippen LogP contribution in [0.4, 0.5) is 0 Å². The molecule has 1 atom stereocenters. The van der Waals surface area contributed by atoms with Crippen molar-refractivity contribution in [2.75, 3.05) is 22.3 Å². The van der Waals surface area contributed by atoms with Gasteiger partial charge < -0.3 is 0 Å². The lowest BCUT2D eigenvalue weighted by Crippen LogP contribution is -2.23. The minimum Gasteiger partial charge on any atom is -0.109 e. The van der Waals surface area contributed by atoms with Gasteiger partial charge in [0.15, 0.2) is 5.08 Å². The molecular formula is C13H23S2+. The molecule has 0 N–H and O–H groups in total. The van der Waals surface area contributed by atoms with Crippen LogP contribution in [-0.2, 0) is 10.9 Å². The van der Waals surface area contributed by atoms with Gasteiger partial charge in [-0.05, 0) is 30.3 Å². The van der Waals surface area contributed by atoms with E-state index in [-0.39, 0.29) is 0 Å². The monoisotopic (exact) mass is 243 g/mol. The normalized spacial score (nSPS) is 31.1. The van der Waals surface area contributed by atoms with Gasteiger partial charge in [0, 0.05) is 23.1 Å². The number of hydrogen-bond acceptors (Lipinski definition) is 1. The molecule has 1 unspecified atom stereocenters. The molecule has 0 aromatic heterocycles. The molecule has 2 heteroatoms. The summed E-state index contributed by atoms with van der Waals surface area (Å²) in [6.45, 7) is 4.79. The van der Waals surface area contributed by atoms with Crippen molar-refractivity contribution in [3.05, 3.63) is 11.6 Å². The van der Waals surface area contributed by atoms with Crippen LogP contribution >= 0.6 is 11.8 Å². The van der Waals surface area contributed by atoms with E-state index < -0.39 is 0 Å². The molecule has 1 heterocycles. The van der Waals surface area contributed by atoms with Crippen LogP contribution in [0, 0.1) is 5.41 Å². The lowest BCUT2D eigenvalue weighted by Gasteiger charge is -2.27. The van der Waals surface area contributed by atoms with Crippen LogP contribution in [0.15, 0.2) is 11.6 Å². The summed E-state index contributed by atoms with van der Waals surface area (Å²) in [6, 6.07) is 0. The third-order valence-corrected chi connectivity index (χ3v) is 7.50. The zero-order chi connectivity index (χ0) is 10.7. The molecule has 0 nitrogen and oxygen atoms in total. The molecule has 2 rings (SSSR count). The molecule has 0 bridgehead atoms. The maximum Gasteiger partial charge on any atom is 0.153 e. The van der Waals surface area contributed by atoms with Crippen molar-refractivity contribution in [3.63, 3.8) is 0 Å². The fourth-order valence-corrected chi connectivity index (χ4v) is 6.76. The second kappa shape index (κ2) is 5.18. The maximum atomic E-state index is 2.59. The average molecular weight is 243 g/mol. The molecule has 0 saturated carbocycles. The summed E-state index contributed by atoms with van der Waals surface area (Å²) in [5.41, 5.74) is 2.26. The molecule has 0 aromatic carbocycles. The smallest absolute Gasteiger partial charge is 0.109 e. The second-order valence-corrected chi connectivity index (χ2v) is 9.17. The highest BCUT2D eigenvalue weighted by atomic mass is 32.2. The third kappa shape index (κ3) is 3.74. The van der Waals surface area contributed by atoms with E-state index in [2.05, 4.69) is 31.7 Å². The van der Waals surface area contributed by atoms with E-state index in [1.165, 1.54) is 48.0 Å². The molecular weight excluding hydrogens is 220 g/mol. The minimum atomic E-state index is 0.486. The van der Waals surface area contributed by atoms with Crippen LogP contribution in [0.3, 0.4) is 0 Å². The van der Waals surface area contributed by atoms with E-state index in [0.29, 0.717) is 5.41 Å². The molecule has 15 heavy (non-hydrogen) atoms. The molecule has 1 aliphatic carbocycles. The largest absolute Gasteiger partial charge is 0.153 e. The van der Waals surface area contributed by atoms with Gasteiger partial charge >= 0.3 is 0 Å². The minimum absolute atomic E-state index is 0.486. The summed E-state index contributed by atoms with van der Waals surface area (Å²) in [6.07, 6.45) is 8.24. The molecule has 2 aliphatic rings. The predicted molar refractivity (Wildman–Crippen MR) is 74.8 cm³/mol. The van der Waals surface area contributed by atoms with Gasteiger partial charge in [-0.25, -0.2) is 0 Å². The van der Waals surface area contributed by atoms with Crippen LogP contribution < -0.4 is 0 Å². The van der Waals surface area contributed by atoms with Crippen molar-refractivity contribution in [1.82, 2.24) is 0 Å². The first kappa shape index (κ1) is 11.9. The van der Waals surface area contributed by atoms with Gasteiger partial charge in [0.05, 0.1) is 0 Å². The SMILES string of the molecule is CC1(C)C=C(C[S+]2CCCSC2)CCC1. The van der Waals surface area contributed by atoms with Crippen molar-refractivity contribution < 1.29 is 0 Å². The molecule has 0 radical (unpaired) electrons. The van der Waals surface area contributed by atoms with Crippen molar-refractivity contribution >= 4 is 22.7 Å².